The lowest BCUT2D eigenvalue weighted by molar-refractivity contribution is -0.368. The maximum atomic E-state index is 11.2. The molecule has 0 saturated carbocycles. The Balaban J connectivity index is 1.41. The molecule has 0 radical (unpaired) electrons. The number of hydrogen-bond donors (Lipinski definition) is 11. The molecule has 45 heavy (non-hydrogen) atoms. The van der Waals surface area contributed by atoms with E-state index in [1.54, 1.807) is 20.8 Å². The summed E-state index contributed by atoms with van der Waals surface area (Å²) < 4.78 is 39.7. The van der Waals surface area contributed by atoms with E-state index in [0.717, 1.165) is 0 Å². The molecular weight excluding hydrogens is 612 g/mol. The van der Waals surface area contributed by atoms with Gasteiger partial charge in [-0.25, -0.2) is 0 Å². The molecule has 4 fully saturated rings. The number of aliphatic hydroxyl groups excluding tert-OH is 11. The maximum Gasteiger partial charge on any atom is 0.187 e. The standard InChI is InChI=1S/C27H48O18/c1-8-10(3)40-12(5-29)23(15(8)31)44-25-9(2)16(32)24(13(6-30)42-25)45-27-22(38)20(36)18(34)14(43-27)7-39-26-21(37)19(35)17(33)11(4-28)41-26/h8-38H,4-7H2,1-3H3/t8-,9+,10+,11?,12?,13?,14?,15?,16?,17-,18-,19?,20?,21-,22-,23-,24-,25+,26+,27+/m1/s1. The molecule has 0 aliphatic carbocycles. The zero-order valence-corrected chi connectivity index (χ0v) is 25.2. The first kappa shape index (κ1) is 37.1. The number of aliphatic hydroxyl groups is 11. The molecule has 4 aliphatic rings. The molecule has 0 bridgehead atoms. The van der Waals surface area contributed by atoms with Crippen molar-refractivity contribution in [2.45, 2.75) is 131 Å². The van der Waals surface area contributed by atoms with Gasteiger partial charge < -0.3 is 89.3 Å². The Hall–Kier alpha value is -0.720. The van der Waals surface area contributed by atoms with Crippen molar-refractivity contribution >= 4 is 0 Å². The molecule has 11 N–H and O–H groups in total. The highest BCUT2D eigenvalue weighted by Crippen LogP contribution is 2.36. The van der Waals surface area contributed by atoms with Crippen molar-refractivity contribution in [3.63, 3.8) is 0 Å². The monoisotopic (exact) mass is 660 g/mol. The van der Waals surface area contributed by atoms with Gasteiger partial charge in [-0.15, -0.1) is 0 Å². The first-order chi connectivity index (χ1) is 21.2. The fourth-order valence-electron chi connectivity index (χ4n) is 5.98. The predicted molar refractivity (Wildman–Crippen MR) is 144 cm³/mol. The Morgan fingerprint density at radius 2 is 0.889 bits per heavy atom. The number of ether oxygens (including phenoxy) is 7. The summed E-state index contributed by atoms with van der Waals surface area (Å²) in [6.45, 7) is 2.60. The number of hydrogen-bond acceptors (Lipinski definition) is 18. The molecule has 4 aliphatic heterocycles. The lowest BCUT2D eigenvalue weighted by Crippen LogP contribution is -2.64. The van der Waals surface area contributed by atoms with E-state index in [1.165, 1.54) is 0 Å². The normalized spacial score (nSPS) is 52.9. The zero-order valence-electron chi connectivity index (χ0n) is 25.2. The Morgan fingerprint density at radius 3 is 1.47 bits per heavy atom. The van der Waals surface area contributed by atoms with Crippen LogP contribution in [0.2, 0.25) is 0 Å². The van der Waals surface area contributed by atoms with Crippen LogP contribution in [0.5, 0.6) is 0 Å². The van der Waals surface area contributed by atoms with Crippen LogP contribution in [0.4, 0.5) is 0 Å². The van der Waals surface area contributed by atoms with E-state index in [9.17, 15) is 56.2 Å². The van der Waals surface area contributed by atoms with Crippen LogP contribution in [0.25, 0.3) is 0 Å². The van der Waals surface area contributed by atoms with E-state index >= 15 is 0 Å². The molecule has 4 rings (SSSR count). The largest absolute Gasteiger partial charge is 0.394 e. The van der Waals surface area contributed by atoms with E-state index < -0.39 is 137 Å². The summed E-state index contributed by atoms with van der Waals surface area (Å²) in [7, 11) is 0. The quantitative estimate of drug-likeness (QED) is 0.104. The third kappa shape index (κ3) is 7.64. The SMILES string of the molecule is C[C@@H]1OC(CO)[C@@H](O[C@@H]2OC(CO)[C@@H](O[C@@H]3OC(CO[C@H]4OC(CO)[C@@H](O)C(O)[C@H]4O)[C@@H](O)C(O)[C@H]3O)C(O)[C@@H]2C)C(O)[C@@H]1C. The second-order valence-corrected chi connectivity index (χ2v) is 12.2. The molecule has 0 amide bonds. The molecule has 8 unspecified atom stereocenters. The Morgan fingerprint density at radius 1 is 0.444 bits per heavy atom. The first-order valence-corrected chi connectivity index (χ1v) is 15.1. The van der Waals surface area contributed by atoms with E-state index in [2.05, 4.69) is 0 Å². The minimum Gasteiger partial charge on any atom is -0.394 e. The van der Waals surface area contributed by atoms with Gasteiger partial charge in [0.1, 0.15) is 73.2 Å². The topological polar surface area (TPSA) is 287 Å². The zero-order chi connectivity index (χ0) is 33.3. The van der Waals surface area contributed by atoms with Crippen molar-refractivity contribution < 1.29 is 89.3 Å². The fourth-order valence-corrected chi connectivity index (χ4v) is 5.98. The molecule has 0 spiro atoms. The van der Waals surface area contributed by atoms with Crippen LogP contribution in [-0.2, 0) is 33.2 Å². The smallest absolute Gasteiger partial charge is 0.187 e. The lowest BCUT2D eigenvalue weighted by atomic mass is 9.88. The van der Waals surface area contributed by atoms with Gasteiger partial charge >= 0.3 is 0 Å². The summed E-state index contributed by atoms with van der Waals surface area (Å²) in [6, 6.07) is 0. The van der Waals surface area contributed by atoms with Gasteiger partial charge in [-0.2, -0.15) is 0 Å². The predicted octanol–water partition coefficient (Wildman–Crippen LogP) is -6.13. The minimum atomic E-state index is -1.84. The molecule has 18 nitrogen and oxygen atoms in total. The molecule has 18 heteroatoms. The molecule has 0 aromatic heterocycles. The van der Waals surface area contributed by atoms with Crippen LogP contribution in [-0.4, -0.2) is 193 Å². The van der Waals surface area contributed by atoms with Crippen LogP contribution in [0.15, 0.2) is 0 Å². The average Bonchev–Trinajstić information content (AvgIpc) is 3.03. The van der Waals surface area contributed by atoms with Gasteiger partial charge in [-0.05, 0) is 6.92 Å². The van der Waals surface area contributed by atoms with Crippen molar-refractivity contribution in [2.24, 2.45) is 11.8 Å². The summed E-state index contributed by atoms with van der Waals surface area (Å²) in [5.74, 6) is -1.21. The highest BCUT2D eigenvalue weighted by molar-refractivity contribution is 4.96. The highest BCUT2D eigenvalue weighted by Gasteiger charge is 2.52. The fraction of sp³-hybridized carbons (Fsp3) is 1.00. The Kier molecular flexibility index (Phi) is 12.9. The molecule has 20 atom stereocenters. The Bertz CT molecular complexity index is 911. The molecule has 264 valence electrons. The van der Waals surface area contributed by atoms with Gasteiger partial charge in [0.25, 0.3) is 0 Å². The third-order valence-electron chi connectivity index (χ3n) is 9.24. The van der Waals surface area contributed by atoms with E-state index in [0.29, 0.717) is 0 Å². The molecular formula is C27H48O18. The van der Waals surface area contributed by atoms with Gasteiger partial charge in [-0.1, -0.05) is 13.8 Å². The molecule has 4 heterocycles. The van der Waals surface area contributed by atoms with Crippen LogP contribution in [0.3, 0.4) is 0 Å². The van der Waals surface area contributed by atoms with Gasteiger partial charge in [0.15, 0.2) is 18.9 Å². The molecule has 0 aromatic carbocycles. The van der Waals surface area contributed by atoms with Crippen molar-refractivity contribution in [3.8, 4) is 0 Å². The minimum absolute atomic E-state index is 0.351. The van der Waals surface area contributed by atoms with E-state index in [-0.39, 0.29) is 12.0 Å². The summed E-state index contributed by atoms with van der Waals surface area (Å²) in [5.41, 5.74) is 0. The summed E-state index contributed by atoms with van der Waals surface area (Å²) in [4.78, 5) is 0. The average molecular weight is 661 g/mol. The summed E-state index contributed by atoms with van der Waals surface area (Å²) in [6.07, 6.45) is -25.1. The van der Waals surface area contributed by atoms with E-state index in [4.69, 9.17) is 33.2 Å². The van der Waals surface area contributed by atoms with Crippen molar-refractivity contribution in [1.29, 1.82) is 0 Å². The van der Waals surface area contributed by atoms with Crippen LogP contribution >= 0.6 is 0 Å². The first-order valence-electron chi connectivity index (χ1n) is 15.1. The summed E-state index contributed by atoms with van der Waals surface area (Å²) >= 11 is 0. The number of rotatable bonds is 10. The van der Waals surface area contributed by atoms with Gasteiger partial charge in [-0.3, -0.25) is 0 Å². The van der Waals surface area contributed by atoms with Gasteiger partial charge in [0, 0.05) is 11.8 Å². The Labute approximate surface area is 259 Å². The maximum absolute atomic E-state index is 11.2. The molecule has 0 aromatic rings. The second-order valence-electron chi connectivity index (χ2n) is 12.2. The third-order valence-corrected chi connectivity index (χ3v) is 9.24. The second kappa shape index (κ2) is 15.7. The van der Waals surface area contributed by atoms with Crippen molar-refractivity contribution in [2.75, 3.05) is 26.4 Å². The van der Waals surface area contributed by atoms with E-state index in [1.807, 2.05) is 0 Å². The van der Waals surface area contributed by atoms with Crippen LogP contribution in [0, 0.1) is 11.8 Å². The highest BCUT2D eigenvalue weighted by atomic mass is 16.8. The lowest BCUT2D eigenvalue weighted by Gasteiger charge is -2.49. The van der Waals surface area contributed by atoms with Gasteiger partial charge in [0.05, 0.1) is 44.7 Å². The van der Waals surface area contributed by atoms with Crippen molar-refractivity contribution in [1.82, 2.24) is 0 Å². The van der Waals surface area contributed by atoms with Crippen LogP contribution < -0.4 is 0 Å². The summed E-state index contributed by atoms with van der Waals surface area (Å²) in [5, 5.41) is 113. The van der Waals surface area contributed by atoms with Gasteiger partial charge in [0.2, 0.25) is 0 Å². The molecule has 4 saturated heterocycles. The van der Waals surface area contributed by atoms with Crippen molar-refractivity contribution in [3.05, 3.63) is 0 Å². The van der Waals surface area contributed by atoms with Crippen LogP contribution in [0.1, 0.15) is 20.8 Å².